The Morgan fingerprint density at radius 3 is 1.38 bits per heavy atom. The average molecular weight is 875 g/mol. The van der Waals surface area contributed by atoms with Crippen molar-refractivity contribution in [3.05, 3.63) is 48.5 Å². The molecule has 0 fully saturated rings. The Bertz CT molecular complexity index is 1620. The molecule has 336 valence electrons. The van der Waals surface area contributed by atoms with E-state index in [1.54, 1.807) is 60.3 Å². The van der Waals surface area contributed by atoms with Gasteiger partial charge in [0, 0.05) is 49.4 Å². The van der Waals surface area contributed by atoms with Gasteiger partial charge in [0.15, 0.2) is 0 Å². The van der Waals surface area contributed by atoms with E-state index in [0.29, 0.717) is 61.6 Å². The summed E-state index contributed by atoms with van der Waals surface area (Å²) in [6, 6.07) is 13.5. The zero-order valence-electron chi connectivity index (χ0n) is 35.2. The smallest absolute Gasteiger partial charge is 0.410 e. The summed E-state index contributed by atoms with van der Waals surface area (Å²) < 4.78 is 32.1. The molecule has 4 N–H and O–H groups in total. The number of alkyl carbamates (subject to hydrolysis) is 2. The summed E-state index contributed by atoms with van der Waals surface area (Å²) in [5.41, 5.74) is 1.05. The third kappa shape index (κ3) is 25.4. The van der Waals surface area contributed by atoms with E-state index in [9.17, 15) is 38.4 Å². The molecule has 0 spiro atoms. The molecule has 0 aromatic heterocycles. The maximum atomic E-state index is 12.6. The molecule has 2 aromatic carbocycles. The minimum absolute atomic E-state index is 0.00218. The normalized spacial score (nSPS) is 11.5. The van der Waals surface area contributed by atoms with Gasteiger partial charge in [-0.15, -0.1) is 0 Å². The van der Waals surface area contributed by atoms with Crippen LogP contribution in [0, 0.1) is 0 Å². The molecule has 18 nitrogen and oxygen atoms in total. The van der Waals surface area contributed by atoms with Crippen LogP contribution in [0.25, 0.3) is 0 Å². The largest absolute Gasteiger partial charge is 0.493 e. The number of amides is 4. The standard InChI is InChI=1S/C42H58N4O14S/c1-5-19-43-41(53)59-39(57-37(51)25-29(3)47)17-21-55-33-13-7-11-31(27-33)45-35(49)15-9-23-61-24-10-16-36(50)46-32-12-8-14-34(28-32)56-22-18-40(58-38(52)26-30(4)48)60-42(54)44-20-6-2/h7-8,11-14,27-28,39-40H,5-6,9-10,15-26H2,1-4H3,(H,43,53)(H,44,54)(H,45,49)(H,46,50). The van der Waals surface area contributed by atoms with Crippen molar-refractivity contribution in [3.8, 4) is 11.5 Å². The van der Waals surface area contributed by atoms with Gasteiger partial charge >= 0.3 is 24.1 Å². The van der Waals surface area contributed by atoms with Crippen molar-refractivity contribution >= 4 is 70.6 Å². The molecule has 0 saturated heterocycles. The molecule has 0 aliphatic rings. The second-order valence-corrected chi connectivity index (χ2v) is 14.7. The lowest BCUT2D eigenvalue weighted by Gasteiger charge is -2.19. The summed E-state index contributed by atoms with van der Waals surface area (Å²) >= 11 is 1.64. The van der Waals surface area contributed by atoms with Crippen molar-refractivity contribution < 1.29 is 66.8 Å². The molecule has 2 atom stereocenters. The Kier molecular flexibility index (Phi) is 25.4. The van der Waals surface area contributed by atoms with Crippen molar-refractivity contribution in [1.29, 1.82) is 0 Å². The average Bonchev–Trinajstić information content (AvgIpc) is 3.18. The number of carbonyl (C=O) groups is 8. The number of benzene rings is 2. The van der Waals surface area contributed by atoms with E-state index in [1.807, 2.05) is 13.8 Å². The maximum Gasteiger partial charge on any atom is 0.410 e. The van der Waals surface area contributed by atoms with Gasteiger partial charge in [-0.25, -0.2) is 9.59 Å². The van der Waals surface area contributed by atoms with Gasteiger partial charge in [0.05, 0.1) is 26.1 Å². The van der Waals surface area contributed by atoms with E-state index in [4.69, 9.17) is 28.4 Å². The highest BCUT2D eigenvalue weighted by molar-refractivity contribution is 7.99. The van der Waals surface area contributed by atoms with Crippen LogP contribution in [0.15, 0.2) is 48.5 Å². The lowest BCUT2D eigenvalue weighted by atomic mass is 10.2. The number of ketones is 2. The number of hydrogen-bond donors (Lipinski definition) is 4. The fourth-order valence-electron chi connectivity index (χ4n) is 4.94. The minimum atomic E-state index is -1.26. The lowest BCUT2D eigenvalue weighted by Crippen LogP contribution is -2.33. The van der Waals surface area contributed by atoms with Gasteiger partial charge in [-0.2, -0.15) is 11.8 Å². The molecular formula is C42H58N4O14S. The summed E-state index contributed by atoms with van der Waals surface area (Å²) in [5.74, 6) is -0.473. The third-order valence-electron chi connectivity index (χ3n) is 7.69. The molecule has 0 aliphatic heterocycles. The fourth-order valence-corrected chi connectivity index (χ4v) is 5.84. The van der Waals surface area contributed by atoms with Crippen molar-refractivity contribution in [2.75, 3.05) is 48.4 Å². The highest BCUT2D eigenvalue weighted by Gasteiger charge is 2.22. The molecule has 0 heterocycles. The van der Waals surface area contributed by atoms with Crippen molar-refractivity contribution in [2.24, 2.45) is 0 Å². The predicted molar refractivity (Wildman–Crippen MR) is 226 cm³/mol. The van der Waals surface area contributed by atoms with E-state index >= 15 is 0 Å². The molecule has 0 saturated carbocycles. The number of ether oxygens (including phenoxy) is 6. The van der Waals surface area contributed by atoms with Gasteiger partial charge in [0.25, 0.3) is 12.6 Å². The molecule has 2 aromatic rings. The summed E-state index contributed by atoms with van der Waals surface area (Å²) in [4.78, 5) is 95.7. The zero-order chi connectivity index (χ0) is 44.8. The molecule has 2 rings (SSSR count). The molecule has 0 bridgehead atoms. The molecule has 19 heteroatoms. The van der Waals surface area contributed by atoms with E-state index in [1.165, 1.54) is 13.8 Å². The fraction of sp³-hybridized carbons (Fsp3) is 0.524. The van der Waals surface area contributed by atoms with Crippen LogP contribution >= 0.6 is 11.8 Å². The first-order chi connectivity index (χ1) is 29.3. The molecular weight excluding hydrogens is 817 g/mol. The van der Waals surface area contributed by atoms with Gasteiger partial charge in [-0.1, -0.05) is 26.0 Å². The highest BCUT2D eigenvalue weighted by Crippen LogP contribution is 2.21. The van der Waals surface area contributed by atoms with E-state index in [0.717, 1.165) is 11.5 Å². The molecule has 0 radical (unpaired) electrons. The Hall–Kier alpha value is -5.85. The van der Waals surface area contributed by atoms with Crippen LogP contribution in [0.1, 0.15) is 91.9 Å². The van der Waals surface area contributed by atoms with Crippen LogP contribution in [-0.2, 0) is 47.7 Å². The van der Waals surface area contributed by atoms with Gasteiger partial charge in [0.2, 0.25) is 11.8 Å². The Morgan fingerprint density at radius 2 is 1.00 bits per heavy atom. The SMILES string of the molecule is CCCNC(=O)OC(CCOc1cccc(NC(=O)CCCSCCCC(=O)Nc2cccc(OCCC(OC(=O)CC(C)=O)OC(=O)NCCC)c2)c1)OC(=O)CC(C)=O. The first-order valence-electron chi connectivity index (χ1n) is 20.2. The summed E-state index contributed by atoms with van der Waals surface area (Å²) in [6.07, 6.45) is -1.76. The molecule has 2 unspecified atom stereocenters. The van der Waals surface area contributed by atoms with Gasteiger partial charge in [-0.3, -0.25) is 28.8 Å². The quantitative estimate of drug-likeness (QED) is 0.0302. The van der Waals surface area contributed by atoms with Crippen LogP contribution in [-0.4, -0.2) is 97.9 Å². The van der Waals surface area contributed by atoms with Gasteiger partial charge in [-0.05, 0) is 75.3 Å². The minimum Gasteiger partial charge on any atom is -0.493 e. The number of nitrogens with one attached hydrogen (secondary N) is 4. The number of carbonyl (C=O) groups excluding carboxylic acids is 8. The number of thioether (sulfide) groups is 1. The number of esters is 2. The Balaban J connectivity index is 1.68. The Morgan fingerprint density at radius 1 is 0.590 bits per heavy atom. The van der Waals surface area contributed by atoms with E-state index in [-0.39, 0.29) is 62.3 Å². The van der Waals surface area contributed by atoms with Crippen molar-refractivity contribution in [2.45, 2.75) is 104 Å². The summed E-state index contributed by atoms with van der Waals surface area (Å²) in [6.45, 7) is 6.99. The second-order valence-electron chi connectivity index (χ2n) is 13.5. The molecule has 0 aliphatic carbocycles. The highest BCUT2D eigenvalue weighted by atomic mass is 32.2. The molecule has 61 heavy (non-hydrogen) atoms. The number of Topliss-reactive ketones (excluding diaryl/α,β-unsaturated/α-hetero) is 2. The van der Waals surface area contributed by atoms with Crippen molar-refractivity contribution in [3.63, 3.8) is 0 Å². The number of hydrogen-bond acceptors (Lipinski definition) is 15. The topological polar surface area (TPSA) is 240 Å². The first kappa shape index (κ1) is 51.3. The monoisotopic (exact) mass is 874 g/mol. The number of anilines is 2. The van der Waals surface area contributed by atoms with Gasteiger partial charge < -0.3 is 49.7 Å². The van der Waals surface area contributed by atoms with Crippen LogP contribution < -0.4 is 30.7 Å². The van der Waals surface area contributed by atoms with Crippen LogP contribution in [0.4, 0.5) is 21.0 Å². The molecule has 4 amide bonds. The third-order valence-corrected chi connectivity index (χ3v) is 8.85. The van der Waals surface area contributed by atoms with Crippen molar-refractivity contribution in [1.82, 2.24) is 10.6 Å². The maximum absolute atomic E-state index is 12.6. The van der Waals surface area contributed by atoms with E-state index in [2.05, 4.69) is 21.3 Å². The zero-order valence-corrected chi connectivity index (χ0v) is 36.0. The van der Waals surface area contributed by atoms with E-state index < -0.39 is 49.5 Å². The second kappa shape index (κ2) is 30.2. The Labute approximate surface area is 360 Å². The van der Waals surface area contributed by atoms with Crippen LogP contribution in [0.5, 0.6) is 11.5 Å². The lowest BCUT2D eigenvalue weighted by molar-refractivity contribution is -0.171. The summed E-state index contributed by atoms with van der Waals surface area (Å²) in [7, 11) is 0. The predicted octanol–water partition coefficient (Wildman–Crippen LogP) is 6.06. The first-order valence-corrected chi connectivity index (χ1v) is 21.3. The number of rotatable bonds is 30. The van der Waals surface area contributed by atoms with Gasteiger partial charge in [0.1, 0.15) is 35.9 Å². The van der Waals surface area contributed by atoms with Crippen LogP contribution in [0.3, 0.4) is 0 Å². The van der Waals surface area contributed by atoms with Crippen LogP contribution in [0.2, 0.25) is 0 Å². The summed E-state index contributed by atoms with van der Waals surface area (Å²) in [5, 5.41) is 10.7.